The summed E-state index contributed by atoms with van der Waals surface area (Å²) in [7, 11) is -1.60. The molecule has 1 fully saturated rings. The van der Waals surface area contributed by atoms with Crippen molar-refractivity contribution in [3.05, 3.63) is 40.8 Å². The molecule has 2 aromatic rings. The average molecular weight is 373 g/mol. The SMILES string of the molecule is CNCC1CCN(S(=O)(=O)c2ccc3oc(=O)ccc3c2)CC1.Cl. The molecule has 3 rings (SSSR count). The number of hydrogen-bond donors (Lipinski definition) is 1. The Labute approximate surface area is 147 Å². The Balaban J connectivity index is 0.00000208. The first kappa shape index (κ1) is 18.9. The number of nitrogens with zero attached hydrogens (tertiary/aromatic N) is 1. The largest absolute Gasteiger partial charge is 0.423 e. The van der Waals surface area contributed by atoms with Crippen LogP contribution in [0.15, 0.2) is 44.4 Å². The number of halogens is 1. The maximum atomic E-state index is 12.8. The molecule has 6 nitrogen and oxygen atoms in total. The molecule has 1 aromatic carbocycles. The highest BCUT2D eigenvalue weighted by atomic mass is 35.5. The van der Waals surface area contributed by atoms with Gasteiger partial charge in [-0.25, -0.2) is 13.2 Å². The Hall–Kier alpha value is -1.41. The molecule has 0 atom stereocenters. The van der Waals surface area contributed by atoms with Crippen LogP contribution in [0.5, 0.6) is 0 Å². The molecule has 1 aliphatic heterocycles. The number of rotatable bonds is 4. The van der Waals surface area contributed by atoms with Crippen LogP contribution in [-0.2, 0) is 10.0 Å². The van der Waals surface area contributed by atoms with E-state index >= 15 is 0 Å². The first-order chi connectivity index (χ1) is 11.0. The van der Waals surface area contributed by atoms with Crippen molar-refractivity contribution in [1.82, 2.24) is 9.62 Å². The average Bonchev–Trinajstić information content (AvgIpc) is 2.55. The van der Waals surface area contributed by atoms with Crippen molar-refractivity contribution in [2.45, 2.75) is 17.7 Å². The molecular formula is C16H21ClN2O4S. The van der Waals surface area contributed by atoms with E-state index in [9.17, 15) is 13.2 Å². The van der Waals surface area contributed by atoms with Gasteiger partial charge in [0.25, 0.3) is 0 Å². The van der Waals surface area contributed by atoms with Gasteiger partial charge in [-0.05, 0) is 56.6 Å². The fourth-order valence-corrected chi connectivity index (χ4v) is 4.51. The summed E-state index contributed by atoms with van der Waals surface area (Å²) in [6.07, 6.45) is 1.73. The molecule has 0 radical (unpaired) electrons. The third-order valence-electron chi connectivity index (χ3n) is 4.29. The standard InChI is InChI=1S/C16H20N2O4S.ClH/c1-17-11-12-6-8-18(9-7-12)23(20,21)14-3-4-15-13(10-14)2-5-16(19)22-15;/h2-5,10,12,17H,6-9,11H2,1H3;1H. The van der Waals surface area contributed by atoms with Gasteiger partial charge in [-0.2, -0.15) is 4.31 Å². The van der Waals surface area contributed by atoms with Crippen LogP contribution in [0.4, 0.5) is 0 Å². The molecule has 1 aliphatic rings. The summed E-state index contributed by atoms with van der Waals surface area (Å²) in [4.78, 5) is 11.4. The molecule has 132 valence electrons. The zero-order valence-corrected chi connectivity index (χ0v) is 15.0. The second kappa shape index (κ2) is 7.65. The first-order valence-electron chi connectivity index (χ1n) is 7.69. The minimum absolute atomic E-state index is 0. The highest BCUT2D eigenvalue weighted by molar-refractivity contribution is 7.89. The van der Waals surface area contributed by atoms with Crippen LogP contribution in [0.1, 0.15) is 12.8 Å². The number of hydrogen-bond acceptors (Lipinski definition) is 5. The predicted molar refractivity (Wildman–Crippen MR) is 95.1 cm³/mol. The summed E-state index contributed by atoms with van der Waals surface area (Å²) >= 11 is 0. The quantitative estimate of drug-likeness (QED) is 0.828. The zero-order valence-electron chi connectivity index (χ0n) is 13.4. The van der Waals surface area contributed by atoms with Gasteiger partial charge in [-0.15, -0.1) is 12.4 Å². The van der Waals surface area contributed by atoms with Crippen LogP contribution in [-0.4, -0.2) is 39.4 Å². The summed E-state index contributed by atoms with van der Waals surface area (Å²) in [5.41, 5.74) is -0.0520. The normalized spacial score (nSPS) is 16.9. The van der Waals surface area contributed by atoms with Crippen molar-refractivity contribution < 1.29 is 12.8 Å². The van der Waals surface area contributed by atoms with Crippen molar-refractivity contribution in [1.29, 1.82) is 0 Å². The third kappa shape index (κ3) is 3.80. The molecule has 1 aromatic heterocycles. The molecule has 8 heteroatoms. The van der Waals surface area contributed by atoms with Gasteiger partial charge in [0.1, 0.15) is 5.58 Å². The molecule has 1 saturated heterocycles. The number of fused-ring (bicyclic) bond motifs is 1. The van der Waals surface area contributed by atoms with E-state index < -0.39 is 15.6 Å². The Morgan fingerprint density at radius 1 is 1.21 bits per heavy atom. The van der Waals surface area contributed by atoms with Gasteiger partial charge in [0.15, 0.2) is 0 Å². The highest BCUT2D eigenvalue weighted by Crippen LogP contribution is 2.25. The van der Waals surface area contributed by atoms with E-state index in [0.717, 1.165) is 19.4 Å². The molecular weight excluding hydrogens is 352 g/mol. The van der Waals surface area contributed by atoms with E-state index in [2.05, 4.69) is 5.32 Å². The maximum Gasteiger partial charge on any atom is 0.336 e. The van der Waals surface area contributed by atoms with E-state index in [1.54, 1.807) is 16.4 Å². The van der Waals surface area contributed by atoms with Crippen molar-refractivity contribution in [3.8, 4) is 0 Å². The minimum atomic E-state index is -3.51. The number of benzene rings is 1. The maximum absolute atomic E-state index is 12.8. The predicted octanol–water partition coefficient (Wildman–Crippen LogP) is 1.83. The van der Waals surface area contributed by atoms with E-state index in [0.29, 0.717) is 30.0 Å². The van der Waals surface area contributed by atoms with Crippen molar-refractivity contribution in [2.24, 2.45) is 5.92 Å². The Morgan fingerprint density at radius 2 is 1.92 bits per heavy atom. The Morgan fingerprint density at radius 3 is 2.58 bits per heavy atom. The van der Waals surface area contributed by atoms with Gasteiger partial charge in [-0.3, -0.25) is 0 Å². The van der Waals surface area contributed by atoms with E-state index in [-0.39, 0.29) is 17.3 Å². The molecule has 0 bridgehead atoms. The Kier molecular flexibility index (Phi) is 6.03. The van der Waals surface area contributed by atoms with E-state index in [4.69, 9.17) is 4.42 Å². The summed E-state index contributed by atoms with van der Waals surface area (Å²) in [6.45, 7) is 2.00. The number of piperidine rings is 1. The lowest BCUT2D eigenvalue weighted by atomic mass is 9.98. The molecule has 0 unspecified atom stereocenters. The summed E-state index contributed by atoms with van der Waals surface area (Å²) in [6, 6.07) is 7.48. The van der Waals surface area contributed by atoms with Crippen molar-refractivity contribution in [2.75, 3.05) is 26.7 Å². The summed E-state index contributed by atoms with van der Waals surface area (Å²) in [5, 5.41) is 3.75. The van der Waals surface area contributed by atoms with Gasteiger partial charge < -0.3 is 9.73 Å². The second-order valence-electron chi connectivity index (χ2n) is 5.86. The van der Waals surface area contributed by atoms with Gasteiger partial charge in [0, 0.05) is 24.5 Å². The van der Waals surface area contributed by atoms with E-state index in [1.165, 1.54) is 18.2 Å². The van der Waals surface area contributed by atoms with Gasteiger partial charge in [0.05, 0.1) is 4.90 Å². The molecule has 0 saturated carbocycles. The van der Waals surface area contributed by atoms with Crippen LogP contribution in [0.25, 0.3) is 11.0 Å². The van der Waals surface area contributed by atoms with Gasteiger partial charge in [-0.1, -0.05) is 0 Å². The molecule has 0 spiro atoms. The Bertz CT molecular complexity index is 858. The number of sulfonamides is 1. The summed E-state index contributed by atoms with van der Waals surface area (Å²) < 4.78 is 32.1. The monoisotopic (exact) mass is 372 g/mol. The minimum Gasteiger partial charge on any atom is -0.423 e. The first-order valence-corrected chi connectivity index (χ1v) is 9.13. The van der Waals surface area contributed by atoms with E-state index in [1.807, 2.05) is 7.05 Å². The van der Waals surface area contributed by atoms with Gasteiger partial charge >= 0.3 is 5.63 Å². The molecule has 1 N–H and O–H groups in total. The van der Waals surface area contributed by atoms with Crippen molar-refractivity contribution >= 4 is 33.4 Å². The fraction of sp³-hybridized carbons (Fsp3) is 0.438. The van der Waals surface area contributed by atoms with Crippen molar-refractivity contribution in [3.63, 3.8) is 0 Å². The lowest BCUT2D eigenvalue weighted by Crippen LogP contribution is -2.40. The zero-order chi connectivity index (χ0) is 16.4. The van der Waals surface area contributed by atoms with Crippen LogP contribution in [0.2, 0.25) is 0 Å². The smallest absolute Gasteiger partial charge is 0.336 e. The molecule has 24 heavy (non-hydrogen) atoms. The third-order valence-corrected chi connectivity index (χ3v) is 6.19. The van der Waals surface area contributed by atoms with Crippen LogP contribution in [0, 0.1) is 5.92 Å². The molecule has 0 amide bonds. The molecule has 0 aliphatic carbocycles. The number of nitrogens with one attached hydrogen (secondary N) is 1. The summed E-state index contributed by atoms with van der Waals surface area (Å²) in [5.74, 6) is 0.525. The topological polar surface area (TPSA) is 79.6 Å². The second-order valence-corrected chi connectivity index (χ2v) is 7.80. The van der Waals surface area contributed by atoms with Crippen LogP contribution in [0.3, 0.4) is 0 Å². The lowest BCUT2D eigenvalue weighted by Gasteiger charge is -2.31. The van der Waals surface area contributed by atoms with Crippen LogP contribution >= 0.6 is 12.4 Å². The lowest BCUT2D eigenvalue weighted by molar-refractivity contribution is 0.270. The van der Waals surface area contributed by atoms with Gasteiger partial charge in [0.2, 0.25) is 10.0 Å². The molecule has 2 heterocycles. The highest BCUT2D eigenvalue weighted by Gasteiger charge is 2.29. The van der Waals surface area contributed by atoms with Crippen LogP contribution < -0.4 is 10.9 Å². The fourth-order valence-electron chi connectivity index (χ4n) is 3.00.